The van der Waals surface area contributed by atoms with Gasteiger partial charge in [0, 0.05) is 0 Å². The Hall–Kier alpha value is -0.260. The maximum atomic E-state index is 3.72. The summed E-state index contributed by atoms with van der Waals surface area (Å²) in [6.07, 6.45) is 4.38. The number of hydrogen-bond donors (Lipinski definition) is 0. The highest BCUT2D eigenvalue weighted by atomic mass is 14.1. The second-order valence-electron chi connectivity index (χ2n) is 2.71. The lowest BCUT2D eigenvalue weighted by Crippen LogP contribution is -2.03. The van der Waals surface area contributed by atoms with E-state index < -0.39 is 0 Å². The molecule has 0 heteroatoms. The van der Waals surface area contributed by atoms with Crippen molar-refractivity contribution >= 4 is 0 Å². The Morgan fingerprint density at radius 1 is 1.56 bits per heavy atom. The fraction of sp³-hybridized carbons (Fsp3) is 0.667. The predicted octanol–water partition coefficient (Wildman–Crippen LogP) is 3.20. The Morgan fingerprint density at radius 3 is 2.22 bits per heavy atom. The van der Waals surface area contributed by atoms with Gasteiger partial charge in [-0.2, -0.15) is 0 Å². The van der Waals surface area contributed by atoms with Crippen LogP contribution >= 0.6 is 0 Å². The van der Waals surface area contributed by atoms with Gasteiger partial charge in [0.15, 0.2) is 0 Å². The third-order valence-corrected chi connectivity index (χ3v) is 1.76. The Labute approximate surface area is 59.0 Å². The zero-order chi connectivity index (χ0) is 7.28. The fourth-order valence-corrected chi connectivity index (χ4v) is 1.01. The van der Waals surface area contributed by atoms with Gasteiger partial charge in [-0.05, 0) is 18.3 Å². The zero-order valence-corrected chi connectivity index (χ0v) is 6.78. The first-order valence-corrected chi connectivity index (χ1v) is 3.63. The number of rotatable bonds is 4. The molecular formula is C9H17. The largest absolute Gasteiger partial charge is 0.103 e. The van der Waals surface area contributed by atoms with Crippen LogP contribution in [0.3, 0.4) is 0 Å². The lowest BCUT2D eigenvalue weighted by atomic mass is 9.90. The van der Waals surface area contributed by atoms with Crippen molar-refractivity contribution in [3.05, 3.63) is 18.6 Å². The number of hydrogen-bond acceptors (Lipinski definition) is 0. The molecule has 0 N–H and O–H groups in total. The van der Waals surface area contributed by atoms with Crippen LogP contribution < -0.4 is 0 Å². The van der Waals surface area contributed by atoms with Crippen LogP contribution in [0.25, 0.3) is 0 Å². The number of allylic oxidation sites excluding steroid dienone is 1. The summed E-state index contributed by atoms with van der Waals surface area (Å²) in [6, 6.07) is 0. The molecule has 1 radical (unpaired) electrons. The summed E-state index contributed by atoms with van der Waals surface area (Å²) < 4.78 is 0. The molecule has 0 aromatic rings. The van der Waals surface area contributed by atoms with Crippen LogP contribution in [0.5, 0.6) is 0 Å². The van der Waals surface area contributed by atoms with Gasteiger partial charge < -0.3 is 0 Å². The summed E-state index contributed by atoms with van der Waals surface area (Å²) in [5.74, 6) is 2.29. The Morgan fingerprint density at radius 2 is 2.11 bits per heavy atom. The maximum Gasteiger partial charge on any atom is -0.0269 e. The van der Waals surface area contributed by atoms with Crippen molar-refractivity contribution in [2.45, 2.75) is 33.6 Å². The van der Waals surface area contributed by atoms with Gasteiger partial charge in [0.2, 0.25) is 0 Å². The van der Waals surface area contributed by atoms with Crippen molar-refractivity contribution in [2.75, 3.05) is 0 Å². The summed E-state index contributed by atoms with van der Waals surface area (Å²) in [5.41, 5.74) is 0. The summed E-state index contributed by atoms with van der Waals surface area (Å²) in [4.78, 5) is 0. The Balaban J connectivity index is 3.53. The van der Waals surface area contributed by atoms with Crippen LogP contribution in [-0.2, 0) is 0 Å². The first-order chi connectivity index (χ1) is 4.22. The predicted molar refractivity (Wildman–Crippen MR) is 43.2 cm³/mol. The molecule has 1 unspecified atom stereocenters. The topological polar surface area (TPSA) is 0 Å². The molecule has 0 aliphatic rings. The molecule has 0 bridgehead atoms. The molecule has 0 nitrogen and oxygen atoms in total. The molecule has 0 rings (SSSR count). The molecule has 0 amide bonds. The van der Waals surface area contributed by atoms with Crippen LogP contribution in [0.1, 0.15) is 33.6 Å². The molecule has 0 saturated carbocycles. The minimum atomic E-state index is 0.766. The highest BCUT2D eigenvalue weighted by Gasteiger charge is 2.07. The minimum absolute atomic E-state index is 0.766. The van der Waals surface area contributed by atoms with Crippen LogP contribution in [0.15, 0.2) is 12.7 Å². The van der Waals surface area contributed by atoms with E-state index in [1.54, 1.807) is 0 Å². The summed E-state index contributed by atoms with van der Waals surface area (Å²) in [6.45, 7) is 10.3. The van der Waals surface area contributed by atoms with E-state index in [0.717, 1.165) is 12.3 Å². The van der Waals surface area contributed by atoms with E-state index in [-0.39, 0.29) is 0 Å². The molecule has 1 atom stereocenters. The van der Waals surface area contributed by atoms with Gasteiger partial charge in [-0.15, -0.1) is 6.58 Å². The molecule has 0 aromatic carbocycles. The van der Waals surface area contributed by atoms with E-state index in [2.05, 4.69) is 27.4 Å². The molecule has 9 heavy (non-hydrogen) atoms. The molecule has 0 spiro atoms. The SMILES string of the molecule is C=CCC(CC)[C](C)C. The van der Waals surface area contributed by atoms with Crippen LogP contribution in [0.4, 0.5) is 0 Å². The zero-order valence-electron chi connectivity index (χ0n) is 6.78. The average molecular weight is 125 g/mol. The second kappa shape index (κ2) is 4.60. The maximum absolute atomic E-state index is 3.72. The van der Waals surface area contributed by atoms with Crippen molar-refractivity contribution in [1.29, 1.82) is 0 Å². The van der Waals surface area contributed by atoms with Crippen molar-refractivity contribution in [2.24, 2.45) is 5.92 Å². The highest BCUT2D eigenvalue weighted by Crippen LogP contribution is 2.20. The van der Waals surface area contributed by atoms with E-state index in [0.29, 0.717) is 0 Å². The molecule has 0 saturated heterocycles. The van der Waals surface area contributed by atoms with Gasteiger partial charge in [0.25, 0.3) is 0 Å². The lowest BCUT2D eigenvalue weighted by Gasteiger charge is -2.15. The quantitative estimate of drug-likeness (QED) is 0.506. The smallest absolute Gasteiger partial charge is 0.0269 e. The van der Waals surface area contributed by atoms with E-state index in [1.165, 1.54) is 12.3 Å². The molecule has 0 aromatic heterocycles. The third kappa shape index (κ3) is 3.34. The molecule has 53 valence electrons. The van der Waals surface area contributed by atoms with Gasteiger partial charge in [0.1, 0.15) is 0 Å². The lowest BCUT2D eigenvalue weighted by molar-refractivity contribution is 0.537. The summed E-state index contributed by atoms with van der Waals surface area (Å²) in [7, 11) is 0. The second-order valence-corrected chi connectivity index (χ2v) is 2.71. The standard InChI is InChI=1S/C9H17/c1-5-7-9(6-2)8(3)4/h5,9H,1,6-7H2,2-4H3. The first kappa shape index (κ1) is 8.74. The van der Waals surface area contributed by atoms with Gasteiger partial charge >= 0.3 is 0 Å². The van der Waals surface area contributed by atoms with Gasteiger partial charge in [0.05, 0.1) is 0 Å². The van der Waals surface area contributed by atoms with E-state index in [4.69, 9.17) is 0 Å². The van der Waals surface area contributed by atoms with E-state index in [9.17, 15) is 0 Å². The fourth-order valence-electron chi connectivity index (χ4n) is 1.01. The van der Waals surface area contributed by atoms with E-state index >= 15 is 0 Å². The first-order valence-electron chi connectivity index (χ1n) is 3.63. The minimum Gasteiger partial charge on any atom is -0.103 e. The summed E-state index contributed by atoms with van der Waals surface area (Å²) in [5, 5.41) is 0. The molecular weight excluding hydrogens is 108 g/mol. The van der Waals surface area contributed by atoms with Gasteiger partial charge in [-0.3, -0.25) is 0 Å². The van der Waals surface area contributed by atoms with Crippen LogP contribution in [0, 0.1) is 11.8 Å². The average Bonchev–Trinajstić information content (AvgIpc) is 1.82. The van der Waals surface area contributed by atoms with Crippen molar-refractivity contribution in [1.82, 2.24) is 0 Å². The monoisotopic (exact) mass is 125 g/mol. The Bertz CT molecular complexity index is 72.1. The normalized spacial score (nSPS) is 13.8. The van der Waals surface area contributed by atoms with Crippen LogP contribution in [0.2, 0.25) is 0 Å². The van der Waals surface area contributed by atoms with Gasteiger partial charge in [-0.25, -0.2) is 0 Å². The molecule has 0 aliphatic carbocycles. The van der Waals surface area contributed by atoms with Gasteiger partial charge in [-0.1, -0.05) is 33.3 Å². The van der Waals surface area contributed by atoms with Crippen LogP contribution in [-0.4, -0.2) is 0 Å². The third-order valence-electron chi connectivity index (χ3n) is 1.76. The molecule has 0 fully saturated rings. The highest BCUT2D eigenvalue weighted by molar-refractivity contribution is 4.89. The molecule has 0 heterocycles. The van der Waals surface area contributed by atoms with Crippen molar-refractivity contribution in [3.63, 3.8) is 0 Å². The summed E-state index contributed by atoms with van der Waals surface area (Å²) >= 11 is 0. The van der Waals surface area contributed by atoms with Crippen molar-refractivity contribution in [3.8, 4) is 0 Å². The van der Waals surface area contributed by atoms with E-state index in [1.807, 2.05) is 6.08 Å². The van der Waals surface area contributed by atoms with Crippen molar-refractivity contribution < 1.29 is 0 Å². The molecule has 0 aliphatic heterocycles. The Kier molecular flexibility index (Phi) is 4.47.